The lowest BCUT2D eigenvalue weighted by Crippen LogP contribution is -2.50. The monoisotopic (exact) mass is 321 g/mol. The van der Waals surface area contributed by atoms with E-state index in [1.807, 2.05) is 6.08 Å². The number of nitrogens with one attached hydrogen (secondary N) is 1. The molecule has 1 heterocycles. The highest BCUT2D eigenvalue weighted by Crippen LogP contribution is 2.31. The molecule has 126 valence electrons. The molecule has 1 aliphatic heterocycles. The van der Waals surface area contributed by atoms with E-state index in [4.69, 9.17) is 4.74 Å². The van der Waals surface area contributed by atoms with Crippen molar-refractivity contribution in [2.24, 2.45) is 0 Å². The molecule has 0 bridgehead atoms. The Labute approximate surface area is 145 Å². The van der Waals surface area contributed by atoms with E-state index in [1.54, 1.807) is 0 Å². The van der Waals surface area contributed by atoms with Gasteiger partial charge in [-0.2, -0.15) is 0 Å². The topological polar surface area (TPSA) is 21.3 Å². The number of benzene rings is 2. The lowest BCUT2D eigenvalue weighted by Gasteiger charge is -2.42. The third kappa shape index (κ3) is 3.95. The second kappa shape index (κ2) is 7.33. The van der Waals surface area contributed by atoms with Crippen molar-refractivity contribution in [2.75, 3.05) is 0 Å². The van der Waals surface area contributed by atoms with Crippen LogP contribution in [-0.2, 0) is 4.74 Å². The van der Waals surface area contributed by atoms with Crippen LogP contribution in [0, 0.1) is 0 Å². The highest BCUT2D eigenvalue weighted by atomic mass is 16.5. The van der Waals surface area contributed by atoms with E-state index in [-0.39, 0.29) is 23.8 Å². The summed E-state index contributed by atoms with van der Waals surface area (Å²) in [6.45, 7) is 8.30. The van der Waals surface area contributed by atoms with E-state index in [1.165, 1.54) is 11.1 Å². The van der Waals surface area contributed by atoms with Crippen molar-refractivity contribution < 1.29 is 4.74 Å². The first-order chi connectivity index (χ1) is 11.6. The third-order valence-electron chi connectivity index (χ3n) is 4.79. The Hall–Kier alpha value is -1.90. The van der Waals surface area contributed by atoms with Gasteiger partial charge in [0, 0.05) is 6.04 Å². The standard InChI is InChI=1S/C22H27NO/c1-4-20-19(15-16-22(2,3)24-20)23-21(17-11-7-5-8-12-17)18-13-9-6-10-14-18/h4-14,19-21,23H,1,15-16H2,2-3H3/t19-,20-/m0/s1. The molecule has 1 saturated heterocycles. The van der Waals surface area contributed by atoms with Crippen LogP contribution < -0.4 is 5.32 Å². The van der Waals surface area contributed by atoms with Crippen LogP contribution in [0.3, 0.4) is 0 Å². The molecule has 0 aliphatic carbocycles. The molecule has 2 heteroatoms. The molecule has 1 fully saturated rings. The lowest BCUT2D eigenvalue weighted by atomic mass is 9.89. The number of rotatable bonds is 5. The van der Waals surface area contributed by atoms with Gasteiger partial charge in [0.1, 0.15) is 0 Å². The summed E-state index contributed by atoms with van der Waals surface area (Å²) in [4.78, 5) is 0. The van der Waals surface area contributed by atoms with E-state index < -0.39 is 0 Å². The van der Waals surface area contributed by atoms with Crippen molar-refractivity contribution in [1.29, 1.82) is 0 Å². The Morgan fingerprint density at radius 3 is 2.08 bits per heavy atom. The first-order valence-corrected chi connectivity index (χ1v) is 8.75. The highest BCUT2D eigenvalue weighted by molar-refractivity contribution is 5.32. The fraction of sp³-hybridized carbons (Fsp3) is 0.364. The van der Waals surface area contributed by atoms with Gasteiger partial charge in [0.2, 0.25) is 0 Å². The maximum Gasteiger partial charge on any atom is 0.0913 e. The Bertz CT molecular complexity index is 611. The Kier molecular flexibility index (Phi) is 5.17. The maximum atomic E-state index is 6.23. The molecule has 0 spiro atoms. The molecule has 0 amide bonds. The van der Waals surface area contributed by atoms with Gasteiger partial charge >= 0.3 is 0 Å². The molecule has 0 aromatic heterocycles. The Morgan fingerprint density at radius 1 is 1.04 bits per heavy atom. The van der Waals surface area contributed by atoms with Crippen LogP contribution >= 0.6 is 0 Å². The van der Waals surface area contributed by atoms with Crippen LogP contribution in [-0.4, -0.2) is 17.7 Å². The van der Waals surface area contributed by atoms with E-state index in [2.05, 4.69) is 86.4 Å². The molecule has 0 unspecified atom stereocenters. The number of hydrogen-bond acceptors (Lipinski definition) is 2. The summed E-state index contributed by atoms with van der Waals surface area (Å²) in [5.41, 5.74) is 2.47. The van der Waals surface area contributed by atoms with Gasteiger partial charge in [-0.3, -0.25) is 0 Å². The van der Waals surface area contributed by atoms with Gasteiger partial charge in [0.25, 0.3) is 0 Å². The van der Waals surface area contributed by atoms with Crippen molar-refractivity contribution in [3.8, 4) is 0 Å². The molecule has 2 atom stereocenters. The van der Waals surface area contributed by atoms with Crippen molar-refractivity contribution >= 4 is 0 Å². The van der Waals surface area contributed by atoms with E-state index in [0.29, 0.717) is 0 Å². The summed E-state index contributed by atoms with van der Waals surface area (Å²) in [5, 5.41) is 3.83. The summed E-state index contributed by atoms with van der Waals surface area (Å²) in [5.74, 6) is 0. The summed E-state index contributed by atoms with van der Waals surface area (Å²) in [7, 11) is 0. The normalized spacial score (nSPS) is 23.1. The fourth-order valence-electron chi connectivity index (χ4n) is 3.46. The van der Waals surface area contributed by atoms with Gasteiger partial charge < -0.3 is 10.1 Å². The Morgan fingerprint density at radius 2 is 1.58 bits per heavy atom. The largest absolute Gasteiger partial charge is 0.367 e. The van der Waals surface area contributed by atoms with Gasteiger partial charge in [-0.25, -0.2) is 0 Å². The summed E-state index contributed by atoms with van der Waals surface area (Å²) < 4.78 is 6.23. The molecule has 24 heavy (non-hydrogen) atoms. The van der Waals surface area contributed by atoms with Crippen LogP contribution in [0.2, 0.25) is 0 Å². The summed E-state index contributed by atoms with van der Waals surface area (Å²) in [6.07, 6.45) is 4.10. The quantitative estimate of drug-likeness (QED) is 0.793. The van der Waals surface area contributed by atoms with Crippen molar-refractivity contribution in [2.45, 2.75) is 50.5 Å². The van der Waals surface area contributed by atoms with Crippen LogP contribution in [0.1, 0.15) is 43.9 Å². The summed E-state index contributed by atoms with van der Waals surface area (Å²) in [6, 6.07) is 21.7. The van der Waals surface area contributed by atoms with Crippen LogP contribution in [0.4, 0.5) is 0 Å². The molecule has 3 rings (SSSR count). The van der Waals surface area contributed by atoms with Crippen LogP contribution in [0.5, 0.6) is 0 Å². The minimum absolute atomic E-state index is 0.0312. The molecule has 0 radical (unpaired) electrons. The molecule has 2 nitrogen and oxygen atoms in total. The van der Waals surface area contributed by atoms with Crippen molar-refractivity contribution in [1.82, 2.24) is 5.32 Å². The average molecular weight is 321 g/mol. The van der Waals surface area contributed by atoms with Gasteiger partial charge in [-0.05, 0) is 37.8 Å². The van der Waals surface area contributed by atoms with E-state index in [9.17, 15) is 0 Å². The predicted octanol–water partition coefficient (Wildman–Crippen LogP) is 4.88. The predicted molar refractivity (Wildman–Crippen MR) is 100 cm³/mol. The highest BCUT2D eigenvalue weighted by Gasteiger charge is 2.35. The van der Waals surface area contributed by atoms with Gasteiger partial charge in [-0.1, -0.05) is 66.7 Å². The van der Waals surface area contributed by atoms with E-state index >= 15 is 0 Å². The molecular formula is C22H27NO. The van der Waals surface area contributed by atoms with Crippen LogP contribution in [0.25, 0.3) is 0 Å². The molecule has 2 aromatic carbocycles. The van der Waals surface area contributed by atoms with Crippen molar-refractivity contribution in [3.63, 3.8) is 0 Å². The zero-order valence-corrected chi connectivity index (χ0v) is 14.6. The number of hydrogen-bond donors (Lipinski definition) is 1. The van der Waals surface area contributed by atoms with Crippen molar-refractivity contribution in [3.05, 3.63) is 84.4 Å². The molecule has 1 N–H and O–H groups in total. The molecule has 1 aliphatic rings. The first kappa shape index (κ1) is 16.9. The first-order valence-electron chi connectivity index (χ1n) is 8.75. The maximum absolute atomic E-state index is 6.23. The minimum Gasteiger partial charge on any atom is -0.367 e. The zero-order valence-electron chi connectivity index (χ0n) is 14.6. The van der Waals surface area contributed by atoms with Gasteiger partial charge in [0.15, 0.2) is 0 Å². The summed E-state index contributed by atoms with van der Waals surface area (Å²) >= 11 is 0. The second-order valence-electron chi connectivity index (χ2n) is 7.14. The molecule has 0 saturated carbocycles. The number of ether oxygens (including phenoxy) is 1. The molecular weight excluding hydrogens is 294 g/mol. The van der Waals surface area contributed by atoms with Gasteiger partial charge in [-0.15, -0.1) is 6.58 Å². The zero-order chi connectivity index (χ0) is 17.0. The lowest BCUT2D eigenvalue weighted by molar-refractivity contribution is -0.102. The third-order valence-corrected chi connectivity index (χ3v) is 4.79. The SMILES string of the molecule is C=C[C@@H]1OC(C)(C)CC[C@@H]1NC(c1ccccc1)c1ccccc1. The second-order valence-corrected chi connectivity index (χ2v) is 7.14. The average Bonchev–Trinajstić information content (AvgIpc) is 2.61. The Balaban J connectivity index is 1.86. The fourth-order valence-corrected chi connectivity index (χ4v) is 3.46. The smallest absolute Gasteiger partial charge is 0.0913 e. The van der Waals surface area contributed by atoms with E-state index in [0.717, 1.165) is 12.8 Å². The van der Waals surface area contributed by atoms with Gasteiger partial charge in [0.05, 0.1) is 17.7 Å². The van der Waals surface area contributed by atoms with Crippen LogP contribution in [0.15, 0.2) is 73.3 Å². The minimum atomic E-state index is -0.0774. The molecule has 2 aromatic rings.